The molecule has 0 amide bonds. The van der Waals surface area contributed by atoms with Crippen molar-refractivity contribution in [2.24, 2.45) is 5.41 Å². The van der Waals surface area contributed by atoms with Gasteiger partial charge in [-0.15, -0.1) is 0 Å². The molecule has 1 aliphatic heterocycles. The van der Waals surface area contributed by atoms with E-state index in [1.807, 2.05) is 24.7 Å². The maximum atomic E-state index is 13.2. The van der Waals surface area contributed by atoms with Crippen molar-refractivity contribution in [3.8, 4) is 6.07 Å². The van der Waals surface area contributed by atoms with E-state index < -0.39 is 0 Å². The SMILES string of the molecule is CCCC1(C#N)CCN(Cc2cncn2C(C)c2ccc(F)cc2)CC1. The van der Waals surface area contributed by atoms with Crippen LogP contribution in [0.4, 0.5) is 4.39 Å². The number of hydrogen-bond acceptors (Lipinski definition) is 3. The number of piperidine rings is 1. The number of nitriles is 1. The Labute approximate surface area is 155 Å². The van der Waals surface area contributed by atoms with Gasteiger partial charge in [0.25, 0.3) is 0 Å². The van der Waals surface area contributed by atoms with Crippen LogP contribution in [0.5, 0.6) is 0 Å². The van der Waals surface area contributed by atoms with E-state index in [4.69, 9.17) is 0 Å². The van der Waals surface area contributed by atoms with Crippen LogP contribution in [0.25, 0.3) is 0 Å². The van der Waals surface area contributed by atoms with Gasteiger partial charge >= 0.3 is 0 Å². The van der Waals surface area contributed by atoms with E-state index in [2.05, 4.69) is 34.4 Å². The summed E-state index contributed by atoms with van der Waals surface area (Å²) in [5.74, 6) is -0.215. The van der Waals surface area contributed by atoms with Crippen molar-refractivity contribution in [1.29, 1.82) is 5.26 Å². The summed E-state index contributed by atoms with van der Waals surface area (Å²) < 4.78 is 15.3. The Morgan fingerprint density at radius 3 is 2.58 bits per heavy atom. The molecule has 1 aliphatic rings. The molecule has 0 radical (unpaired) electrons. The van der Waals surface area contributed by atoms with Crippen molar-refractivity contribution in [3.63, 3.8) is 0 Å². The molecule has 138 valence electrons. The highest BCUT2D eigenvalue weighted by atomic mass is 19.1. The predicted molar refractivity (Wildman–Crippen MR) is 99.9 cm³/mol. The fraction of sp³-hybridized carbons (Fsp3) is 0.524. The summed E-state index contributed by atoms with van der Waals surface area (Å²) in [5.41, 5.74) is 2.09. The average molecular weight is 354 g/mol. The number of aromatic nitrogens is 2. The van der Waals surface area contributed by atoms with Gasteiger partial charge in [0.2, 0.25) is 0 Å². The quantitative estimate of drug-likeness (QED) is 0.765. The number of imidazole rings is 1. The van der Waals surface area contributed by atoms with Gasteiger partial charge in [0.15, 0.2) is 0 Å². The molecular formula is C21H27FN4. The van der Waals surface area contributed by atoms with E-state index in [1.165, 1.54) is 12.1 Å². The zero-order chi connectivity index (χ0) is 18.6. The zero-order valence-electron chi connectivity index (χ0n) is 15.7. The van der Waals surface area contributed by atoms with Gasteiger partial charge in [-0.3, -0.25) is 4.90 Å². The first kappa shape index (κ1) is 18.6. The van der Waals surface area contributed by atoms with E-state index >= 15 is 0 Å². The molecule has 2 aromatic rings. The first-order chi connectivity index (χ1) is 12.6. The maximum Gasteiger partial charge on any atom is 0.123 e. The van der Waals surface area contributed by atoms with Crippen LogP contribution in [0.3, 0.4) is 0 Å². The van der Waals surface area contributed by atoms with Gasteiger partial charge in [-0.2, -0.15) is 5.26 Å². The monoisotopic (exact) mass is 354 g/mol. The molecule has 26 heavy (non-hydrogen) atoms. The summed E-state index contributed by atoms with van der Waals surface area (Å²) in [6.45, 7) is 6.99. The van der Waals surface area contributed by atoms with Gasteiger partial charge in [-0.1, -0.05) is 25.5 Å². The fourth-order valence-corrected chi connectivity index (χ4v) is 3.97. The van der Waals surface area contributed by atoms with E-state index in [9.17, 15) is 9.65 Å². The molecule has 1 unspecified atom stereocenters. The van der Waals surface area contributed by atoms with Crippen molar-refractivity contribution < 1.29 is 4.39 Å². The normalized spacial score (nSPS) is 18.4. The minimum absolute atomic E-state index is 0.108. The van der Waals surface area contributed by atoms with Gasteiger partial charge in [0.1, 0.15) is 5.82 Å². The lowest BCUT2D eigenvalue weighted by Gasteiger charge is -2.37. The van der Waals surface area contributed by atoms with Gasteiger partial charge in [-0.25, -0.2) is 9.37 Å². The molecular weight excluding hydrogens is 327 g/mol. The zero-order valence-corrected chi connectivity index (χ0v) is 15.7. The predicted octanol–water partition coefficient (Wildman–Crippen LogP) is 4.54. The summed E-state index contributed by atoms with van der Waals surface area (Å²) in [6, 6.07) is 9.35. The highest BCUT2D eigenvalue weighted by Gasteiger charge is 2.34. The van der Waals surface area contributed by atoms with Crippen molar-refractivity contribution in [2.75, 3.05) is 13.1 Å². The molecule has 1 aromatic carbocycles. The Morgan fingerprint density at radius 1 is 1.27 bits per heavy atom. The van der Waals surface area contributed by atoms with Gasteiger partial charge in [0, 0.05) is 25.8 Å². The third-order valence-electron chi connectivity index (χ3n) is 5.68. The van der Waals surface area contributed by atoms with Crippen LogP contribution in [0.15, 0.2) is 36.8 Å². The molecule has 5 heteroatoms. The molecule has 1 fully saturated rings. The highest BCUT2D eigenvalue weighted by molar-refractivity contribution is 5.21. The van der Waals surface area contributed by atoms with Crippen LogP contribution in [0, 0.1) is 22.6 Å². The Morgan fingerprint density at radius 2 is 1.96 bits per heavy atom. The van der Waals surface area contributed by atoms with Gasteiger partial charge in [-0.05, 0) is 43.9 Å². The van der Waals surface area contributed by atoms with Crippen molar-refractivity contribution >= 4 is 0 Å². The van der Waals surface area contributed by atoms with Gasteiger partial charge in [0.05, 0.1) is 29.5 Å². The van der Waals surface area contributed by atoms with Crippen molar-refractivity contribution in [1.82, 2.24) is 14.5 Å². The molecule has 3 rings (SSSR count). The lowest BCUT2D eigenvalue weighted by molar-refractivity contribution is 0.129. The first-order valence-corrected chi connectivity index (χ1v) is 9.47. The Hall–Kier alpha value is -2.19. The maximum absolute atomic E-state index is 13.2. The van der Waals surface area contributed by atoms with E-state index in [0.29, 0.717) is 0 Å². The molecule has 0 saturated carbocycles. The summed E-state index contributed by atoms with van der Waals surface area (Å²) in [4.78, 5) is 6.75. The smallest absolute Gasteiger partial charge is 0.123 e. The number of nitrogens with zero attached hydrogens (tertiary/aromatic N) is 4. The van der Waals surface area contributed by atoms with Crippen LogP contribution in [-0.2, 0) is 6.54 Å². The number of likely N-dealkylation sites (tertiary alicyclic amines) is 1. The molecule has 0 bridgehead atoms. The molecule has 4 nitrogen and oxygen atoms in total. The minimum atomic E-state index is -0.215. The second kappa shape index (κ2) is 8.01. The Bertz CT molecular complexity index is 751. The molecule has 0 aliphatic carbocycles. The molecule has 1 atom stereocenters. The summed E-state index contributed by atoms with van der Waals surface area (Å²) in [6.07, 6.45) is 7.71. The third kappa shape index (κ3) is 3.96. The van der Waals surface area contributed by atoms with Crippen LogP contribution < -0.4 is 0 Å². The Kier molecular flexibility index (Phi) is 5.73. The number of rotatable bonds is 6. The van der Waals surface area contributed by atoms with E-state index in [0.717, 1.165) is 56.6 Å². The van der Waals surface area contributed by atoms with E-state index in [1.54, 1.807) is 0 Å². The minimum Gasteiger partial charge on any atom is -0.326 e. The highest BCUT2D eigenvalue weighted by Crippen LogP contribution is 2.35. The van der Waals surface area contributed by atoms with Crippen LogP contribution in [-0.4, -0.2) is 27.5 Å². The fourth-order valence-electron chi connectivity index (χ4n) is 3.97. The van der Waals surface area contributed by atoms with Crippen LogP contribution in [0.1, 0.15) is 56.8 Å². The molecule has 2 heterocycles. The van der Waals surface area contributed by atoms with Crippen LogP contribution in [0.2, 0.25) is 0 Å². The van der Waals surface area contributed by atoms with E-state index in [-0.39, 0.29) is 17.3 Å². The molecule has 0 spiro atoms. The van der Waals surface area contributed by atoms with Crippen molar-refractivity contribution in [3.05, 3.63) is 53.9 Å². The Balaban J connectivity index is 1.67. The number of benzene rings is 1. The summed E-state index contributed by atoms with van der Waals surface area (Å²) >= 11 is 0. The lowest BCUT2D eigenvalue weighted by Crippen LogP contribution is -2.39. The molecule has 1 saturated heterocycles. The molecule has 0 N–H and O–H groups in total. The first-order valence-electron chi connectivity index (χ1n) is 9.47. The topological polar surface area (TPSA) is 44.9 Å². The number of halogens is 1. The van der Waals surface area contributed by atoms with Gasteiger partial charge < -0.3 is 4.57 Å². The standard InChI is InChI=1S/C21H27FN4/c1-3-8-21(15-23)9-11-25(12-10-21)14-20-13-24-16-26(20)17(2)18-4-6-19(22)7-5-18/h4-7,13,16-17H,3,8-12,14H2,1-2H3. The van der Waals surface area contributed by atoms with Crippen molar-refractivity contribution in [2.45, 2.75) is 52.1 Å². The average Bonchev–Trinajstić information content (AvgIpc) is 3.12. The number of hydrogen-bond donors (Lipinski definition) is 0. The second-order valence-electron chi connectivity index (χ2n) is 7.44. The lowest BCUT2D eigenvalue weighted by atomic mass is 9.76. The van der Waals surface area contributed by atoms with Crippen LogP contribution >= 0.6 is 0 Å². The third-order valence-corrected chi connectivity index (χ3v) is 5.68. The largest absolute Gasteiger partial charge is 0.326 e. The molecule has 1 aromatic heterocycles. The second-order valence-corrected chi connectivity index (χ2v) is 7.44. The summed E-state index contributed by atoms with van der Waals surface area (Å²) in [5, 5.41) is 9.57. The summed E-state index contributed by atoms with van der Waals surface area (Å²) in [7, 11) is 0.